The minimum absolute atomic E-state index is 0.0719. The van der Waals surface area contributed by atoms with Crippen LogP contribution in [0.2, 0.25) is 0 Å². The third kappa shape index (κ3) is 3.93. The molecule has 3 rings (SSSR count). The molecular formula is C18H23FN2O3. The standard InChI is InChI=1S/C18H23FN2O3/c19-16-5-1-3-13(9-16)10-20-7-2-4-14(11-20)17(22)21-8-6-15(12-21)18(23)24/h1,3,5,9,14-15H,2,4,6-8,10-12H2,(H,23,24)/t14-,15+/m1/s1. The second-order valence-electron chi connectivity index (χ2n) is 6.81. The van der Waals surface area contributed by atoms with Gasteiger partial charge in [0.05, 0.1) is 11.8 Å². The van der Waals surface area contributed by atoms with Crippen LogP contribution >= 0.6 is 0 Å². The van der Waals surface area contributed by atoms with Crippen molar-refractivity contribution in [2.24, 2.45) is 11.8 Å². The fourth-order valence-electron chi connectivity index (χ4n) is 3.71. The van der Waals surface area contributed by atoms with Crippen LogP contribution in [0.5, 0.6) is 0 Å². The number of carboxylic acids is 1. The molecule has 1 aromatic rings. The molecule has 2 heterocycles. The summed E-state index contributed by atoms with van der Waals surface area (Å²) in [6.45, 7) is 3.06. The molecule has 0 bridgehead atoms. The molecular weight excluding hydrogens is 311 g/mol. The summed E-state index contributed by atoms with van der Waals surface area (Å²) in [4.78, 5) is 27.6. The topological polar surface area (TPSA) is 60.9 Å². The van der Waals surface area contributed by atoms with Crippen molar-refractivity contribution >= 4 is 11.9 Å². The first kappa shape index (κ1) is 16.9. The van der Waals surface area contributed by atoms with E-state index < -0.39 is 11.9 Å². The Morgan fingerprint density at radius 2 is 2.00 bits per heavy atom. The van der Waals surface area contributed by atoms with Crippen LogP contribution in [-0.2, 0) is 16.1 Å². The lowest BCUT2D eigenvalue weighted by molar-refractivity contribution is -0.142. The van der Waals surface area contributed by atoms with E-state index in [-0.39, 0.29) is 17.6 Å². The normalized spacial score (nSPS) is 25.0. The third-order valence-electron chi connectivity index (χ3n) is 5.00. The van der Waals surface area contributed by atoms with Crippen molar-refractivity contribution in [2.75, 3.05) is 26.2 Å². The van der Waals surface area contributed by atoms with Gasteiger partial charge in [0.15, 0.2) is 0 Å². The number of likely N-dealkylation sites (tertiary alicyclic amines) is 2. The lowest BCUT2D eigenvalue weighted by Crippen LogP contribution is -2.44. The Hall–Kier alpha value is -1.95. The zero-order chi connectivity index (χ0) is 17.1. The van der Waals surface area contributed by atoms with Crippen LogP contribution in [0, 0.1) is 17.7 Å². The summed E-state index contributed by atoms with van der Waals surface area (Å²) in [5.41, 5.74) is 0.912. The van der Waals surface area contributed by atoms with E-state index in [9.17, 15) is 14.0 Å². The van der Waals surface area contributed by atoms with Gasteiger partial charge in [0.1, 0.15) is 5.82 Å². The van der Waals surface area contributed by atoms with Gasteiger partial charge in [0, 0.05) is 26.2 Å². The molecule has 6 heteroatoms. The Bertz CT molecular complexity index is 622. The summed E-state index contributed by atoms with van der Waals surface area (Å²) in [5.74, 6) is -1.50. The number of nitrogens with zero attached hydrogens (tertiary/aromatic N) is 2. The number of benzene rings is 1. The minimum Gasteiger partial charge on any atom is -0.481 e. The SMILES string of the molecule is O=C(O)[C@H]1CCN(C(=O)[C@@H]2CCCN(Cc3cccc(F)c3)C2)C1. The maximum Gasteiger partial charge on any atom is 0.308 e. The van der Waals surface area contributed by atoms with Crippen LogP contribution in [0.3, 0.4) is 0 Å². The highest BCUT2D eigenvalue weighted by molar-refractivity contribution is 5.81. The molecule has 0 radical (unpaired) electrons. The molecule has 0 saturated carbocycles. The summed E-state index contributed by atoms with van der Waals surface area (Å²) in [6.07, 6.45) is 2.31. The van der Waals surface area contributed by atoms with Crippen LogP contribution in [0.4, 0.5) is 4.39 Å². The number of hydrogen-bond donors (Lipinski definition) is 1. The minimum atomic E-state index is -0.818. The van der Waals surface area contributed by atoms with Gasteiger partial charge >= 0.3 is 5.97 Å². The fourth-order valence-corrected chi connectivity index (χ4v) is 3.71. The monoisotopic (exact) mass is 334 g/mol. The third-order valence-corrected chi connectivity index (χ3v) is 5.00. The molecule has 1 amide bonds. The number of rotatable bonds is 4. The molecule has 2 aliphatic rings. The average Bonchev–Trinajstić information content (AvgIpc) is 3.05. The predicted octanol–water partition coefficient (Wildman–Crippen LogP) is 1.97. The molecule has 1 aromatic carbocycles. The maximum absolute atomic E-state index is 13.3. The second kappa shape index (κ2) is 7.30. The first-order valence-electron chi connectivity index (χ1n) is 8.51. The Morgan fingerprint density at radius 3 is 2.71 bits per heavy atom. The largest absolute Gasteiger partial charge is 0.481 e. The molecule has 1 N–H and O–H groups in total. The Balaban J connectivity index is 1.57. The number of aliphatic carboxylic acids is 1. The lowest BCUT2D eigenvalue weighted by Gasteiger charge is -2.34. The molecule has 0 spiro atoms. The van der Waals surface area contributed by atoms with Crippen molar-refractivity contribution in [3.05, 3.63) is 35.6 Å². The predicted molar refractivity (Wildman–Crippen MR) is 86.7 cm³/mol. The smallest absolute Gasteiger partial charge is 0.308 e. The van der Waals surface area contributed by atoms with E-state index in [2.05, 4.69) is 4.90 Å². The highest BCUT2D eigenvalue weighted by Crippen LogP contribution is 2.24. The molecule has 2 aliphatic heterocycles. The fraction of sp³-hybridized carbons (Fsp3) is 0.556. The lowest BCUT2D eigenvalue weighted by atomic mass is 9.96. The van der Waals surface area contributed by atoms with Crippen LogP contribution in [0.15, 0.2) is 24.3 Å². The van der Waals surface area contributed by atoms with Crippen LogP contribution in [0.1, 0.15) is 24.8 Å². The van der Waals surface area contributed by atoms with Gasteiger partial charge in [-0.05, 0) is 43.5 Å². The summed E-state index contributed by atoms with van der Waals surface area (Å²) >= 11 is 0. The molecule has 2 atom stereocenters. The number of carbonyl (C=O) groups excluding carboxylic acids is 1. The van der Waals surface area contributed by atoms with E-state index in [1.807, 2.05) is 6.07 Å². The van der Waals surface area contributed by atoms with Crippen LogP contribution in [-0.4, -0.2) is 53.0 Å². The van der Waals surface area contributed by atoms with E-state index in [1.54, 1.807) is 11.0 Å². The number of carboxylic acid groups (broad SMARTS) is 1. The summed E-state index contributed by atoms with van der Waals surface area (Å²) in [6, 6.07) is 6.56. The summed E-state index contributed by atoms with van der Waals surface area (Å²) < 4.78 is 13.3. The van der Waals surface area contributed by atoms with Gasteiger partial charge in [-0.3, -0.25) is 14.5 Å². The number of carbonyl (C=O) groups is 2. The number of piperidine rings is 1. The van der Waals surface area contributed by atoms with Crippen molar-refractivity contribution in [2.45, 2.75) is 25.8 Å². The zero-order valence-corrected chi connectivity index (χ0v) is 13.7. The van der Waals surface area contributed by atoms with Gasteiger partial charge in [0.2, 0.25) is 5.91 Å². The summed E-state index contributed by atoms with van der Waals surface area (Å²) in [7, 11) is 0. The van der Waals surface area contributed by atoms with Crippen molar-refractivity contribution in [3.8, 4) is 0 Å². The van der Waals surface area contributed by atoms with Crippen molar-refractivity contribution in [1.82, 2.24) is 9.80 Å². The van der Waals surface area contributed by atoms with Gasteiger partial charge in [-0.2, -0.15) is 0 Å². The molecule has 5 nitrogen and oxygen atoms in total. The Morgan fingerprint density at radius 1 is 1.17 bits per heavy atom. The van der Waals surface area contributed by atoms with E-state index >= 15 is 0 Å². The first-order chi connectivity index (χ1) is 11.5. The molecule has 2 saturated heterocycles. The zero-order valence-electron chi connectivity index (χ0n) is 13.7. The molecule has 0 unspecified atom stereocenters. The van der Waals surface area contributed by atoms with E-state index in [0.717, 1.165) is 24.9 Å². The number of amides is 1. The van der Waals surface area contributed by atoms with Gasteiger partial charge in [-0.1, -0.05) is 12.1 Å². The number of hydrogen-bond acceptors (Lipinski definition) is 3. The Labute approximate surface area is 141 Å². The highest BCUT2D eigenvalue weighted by atomic mass is 19.1. The highest BCUT2D eigenvalue weighted by Gasteiger charge is 2.35. The van der Waals surface area contributed by atoms with Gasteiger partial charge in [-0.15, -0.1) is 0 Å². The van der Waals surface area contributed by atoms with E-state index in [0.29, 0.717) is 32.6 Å². The first-order valence-corrected chi connectivity index (χ1v) is 8.51. The van der Waals surface area contributed by atoms with Gasteiger partial charge in [-0.25, -0.2) is 4.39 Å². The van der Waals surface area contributed by atoms with E-state index in [4.69, 9.17) is 5.11 Å². The van der Waals surface area contributed by atoms with Gasteiger partial charge in [0.25, 0.3) is 0 Å². The van der Waals surface area contributed by atoms with Crippen molar-refractivity contribution < 1.29 is 19.1 Å². The van der Waals surface area contributed by atoms with Gasteiger partial charge < -0.3 is 10.0 Å². The molecule has 0 aliphatic carbocycles. The average molecular weight is 334 g/mol. The van der Waals surface area contributed by atoms with Crippen molar-refractivity contribution in [1.29, 1.82) is 0 Å². The van der Waals surface area contributed by atoms with E-state index in [1.165, 1.54) is 12.1 Å². The quantitative estimate of drug-likeness (QED) is 0.914. The van der Waals surface area contributed by atoms with Crippen LogP contribution < -0.4 is 0 Å². The molecule has 2 fully saturated rings. The molecule has 0 aromatic heterocycles. The maximum atomic E-state index is 13.3. The molecule has 24 heavy (non-hydrogen) atoms. The summed E-state index contributed by atoms with van der Waals surface area (Å²) in [5, 5.41) is 9.07. The van der Waals surface area contributed by atoms with Crippen LogP contribution in [0.25, 0.3) is 0 Å². The Kier molecular flexibility index (Phi) is 5.14. The van der Waals surface area contributed by atoms with Crippen molar-refractivity contribution in [3.63, 3.8) is 0 Å². The molecule has 130 valence electrons. The number of halogens is 1. The second-order valence-corrected chi connectivity index (χ2v) is 6.81.